The number of unbranched alkanes of at least 4 members (excludes halogenated alkanes) is 24. The summed E-state index contributed by atoms with van der Waals surface area (Å²) in [7, 11) is 0. The van der Waals surface area contributed by atoms with Gasteiger partial charge in [0.15, 0.2) is 6.10 Å². The van der Waals surface area contributed by atoms with E-state index >= 15 is 0 Å². The lowest BCUT2D eigenvalue weighted by Gasteiger charge is -2.18. The number of carbonyl (C=O) groups is 3. The number of hydrogen-bond donors (Lipinski definition) is 0. The molecular weight excluding hydrogens is 1020 g/mol. The molecule has 0 aromatic rings. The second kappa shape index (κ2) is 69.5. The summed E-state index contributed by atoms with van der Waals surface area (Å²) in [6, 6.07) is 0. The lowest BCUT2D eigenvalue weighted by molar-refractivity contribution is -0.166. The van der Waals surface area contributed by atoms with Crippen molar-refractivity contribution in [1.82, 2.24) is 0 Å². The molecule has 0 aromatic carbocycles. The standard InChI is InChI=1S/C77H124O6/c1-4-7-10-13-16-19-22-25-28-30-32-34-35-36-37-38-39-40-41-43-44-46-49-52-55-58-61-64-67-70-76(79)82-73-74(72-81-75(78)69-66-63-60-57-54-51-48-27-24-21-18-15-12-9-6-3)83-77(80)71-68-65-62-59-56-53-50-47-45-42-33-31-29-26-23-20-17-14-11-8-5-2/h7,9-10,12,16,18-19,21,25,27-28,31-34,36-37,39-40,43-44,48,54,57,63,66,74H,4-6,8,11,13-15,17,20,22-24,26,29-30,35,38,41-42,45-47,49-53,55-56,58-62,64-65,67-73H2,1-3H3/b10-7-,12-9-,19-16-,21-18-,28-25-,33-31-,34-32-,37-36-,40-39-,44-43-,48-27-,57-54-,66-63-. The van der Waals surface area contributed by atoms with Gasteiger partial charge in [-0.05, 0) is 128 Å². The highest BCUT2D eigenvalue weighted by atomic mass is 16.6. The van der Waals surface area contributed by atoms with Crippen molar-refractivity contribution in [3.8, 4) is 0 Å². The van der Waals surface area contributed by atoms with Crippen molar-refractivity contribution < 1.29 is 28.6 Å². The van der Waals surface area contributed by atoms with E-state index in [4.69, 9.17) is 14.2 Å². The van der Waals surface area contributed by atoms with Gasteiger partial charge in [-0.15, -0.1) is 0 Å². The van der Waals surface area contributed by atoms with Gasteiger partial charge in [0.2, 0.25) is 0 Å². The molecular formula is C77H124O6. The Labute approximate surface area is 511 Å². The molecule has 1 atom stereocenters. The molecule has 0 bridgehead atoms. The highest BCUT2D eigenvalue weighted by molar-refractivity contribution is 5.72. The Balaban J connectivity index is 4.44. The first-order valence-electron chi connectivity index (χ1n) is 34.0. The average Bonchev–Trinajstić information content (AvgIpc) is 3.49. The molecule has 468 valence electrons. The normalized spacial score (nSPS) is 13.1. The molecule has 0 aliphatic carbocycles. The maximum Gasteiger partial charge on any atom is 0.309 e. The molecule has 0 rings (SSSR count). The van der Waals surface area contributed by atoms with Gasteiger partial charge >= 0.3 is 17.9 Å². The van der Waals surface area contributed by atoms with Gasteiger partial charge < -0.3 is 14.2 Å². The Kier molecular flexibility index (Phi) is 65.4. The Hall–Kier alpha value is -4.97. The predicted octanol–water partition coefficient (Wildman–Crippen LogP) is 23.7. The Morgan fingerprint density at radius 2 is 0.518 bits per heavy atom. The lowest BCUT2D eigenvalue weighted by Crippen LogP contribution is -2.30. The van der Waals surface area contributed by atoms with Crippen LogP contribution in [0, 0.1) is 0 Å². The minimum Gasteiger partial charge on any atom is -0.462 e. The van der Waals surface area contributed by atoms with Crippen molar-refractivity contribution in [1.29, 1.82) is 0 Å². The third-order valence-electron chi connectivity index (χ3n) is 14.0. The van der Waals surface area contributed by atoms with Gasteiger partial charge in [-0.3, -0.25) is 14.4 Å². The van der Waals surface area contributed by atoms with Gasteiger partial charge in [0.1, 0.15) is 13.2 Å². The third kappa shape index (κ3) is 67.7. The second-order valence-corrected chi connectivity index (χ2v) is 22.0. The smallest absolute Gasteiger partial charge is 0.309 e. The summed E-state index contributed by atoms with van der Waals surface area (Å²) in [5.74, 6) is -1.06. The fraction of sp³-hybridized carbons (Fsp3) is 0.623. The van der Waals surface area contributed by atoms with Crippen molar-refractivity contribution in [2.24, 2.45) is 0 Å². The molecule has 6 heteroatoms. The van der Waals surface area contributed by atoms with E-state index in [9.17, 15) is 14.4 Å². The van der Waals surface area contributed by atoms with Gasteiger partial charge in [0.05, 0.1) is 6.42 Å². The van der Waals surface area contributed by atoms with Crippen LogP contribution in [0.4, 0.5) is 0 Å². The topological polar surface area (TPSA) is 78.9 Å². The van der Waals surface area contributed by atoms with E-state index in [0.717, 1.165) is 128 Å². The number of esters is 3. The summed E-state index contributed by atoms with van der Waals surface area (Å²) in [5.41, 5.74) is 0. The van der Waals surface area contributed by atoms with Crippen LogP contribution in [0.15, 0.2) is 158 Å². The number of allylic oxidation sites excluding steroid dienone is 25. The van der Waals surface area contributed by atoms with Crippen molar-refractivity contribution in [3.05, 3.63) is 158 Å². The first-order chi connectivity index (χ1) is 41.0. The molecule has 0 aromatic heterocycles. The number of hydrogen-bond acceptors (Lipinski definition) is 6. The molecule has 6 nitrogen and oxygen atoms in total. The van der Waals surface area contributed by atoms with E-state index < -0.39 is 12.1 Å². The lowest BCUT2D eigenvalue weighted by atomic mass is 10.1. The van der Waals surface area contributed by atoms with Crippen LogP contribution in [-0.2, 0) is 28.6 Å². The molecule has 0 radical (unpaired) electrons. The largest absolute Gasteiger partial charge is 0.462 e. The van der Waals surface area contributed by atoms with Gasteiger partial charge in [-0.2, -0.15) is 0 Å². The summed E-state index contributed by atoms with van der Waals surface area (Å²) < 4.78 is 16.8. The average molecular weight is 1150 g/mol. The van der Waals surface area contributed by atoms with Crippen LogP contribution in [0.2, 0.25) is 0 Å². The summed E-state index contributed by atoms with van der Waals surface area (Å²) in [6.45, 7) is 6.32. The van der Waals surface area contributed by atoms with E-state index in [1.54, 1.807) is 6.08 Å². The zero-order valence-corrected chi connectivity index (χ0v) is 53.7. The van der Waals surface area contributed by atoms with Gasteiger partial charge in [-0.25, -0.2) is 0 Å². The third-order valence-corrected chi connectivity index (χ3v) is 14.0. The SMILES string of the molecule is CC/C=C\C/C=C\C/C=C\C/C=C\C/C=C\C/C=C\C/C=C\CCCCCCCCCC(=O)OCC(COC(=O)C/C=C\C/C=C\C/C=C\C/C=C\C/C=C\CC)OC(=O)CCCCCCCCCCC/C=C\CCCCCCCCCC. The van der Waals surface area contributed by atoms with Crippen molar-refractivity contribution in [2.45, 2.75) is 297 Å². The molecule has 83 heavy (non-hydrogen) atoms. The van der Waals surface area contributed by atoms with Crippen LogP contribution in [0.1, 0.15) is 290 Å². The fourth-order valence-electron chi connectivity index (χ4n) is 9.02. The Morgan fingerprint density at radius 3 is 0.855 bits per heavy atom. The fourth-order valence-corrected chi connectivity index (χ4v) is 9.02. The van der Waals surface area contributed by atoms with E-state index in [-0.39, 0.29) is 31.6 Å². The first kappa shape index (κ1) is 78.0. The molecule has 0 heterocycles. The van der Waals surface area contributed by atoms with E-state index in [2.05, 4.69) is 167 Å². The number of ether oxygens (including phenoxy) is 3. The van der Waals surface area contributed by atoms with Crippen molar-refractivity contribution in [2.75, 3.05) is 13.2 Å². The summed E-state index contributed by atoms with van der Waals surface area (Å²) in [5, 5.41) is 0. The second-order valence-electron chi connectivity index (χ2n) is 22.0. The molecule has 0 saturated carbocycles. The Bertz CT molecular complexity index is 1840. The Morgan fingerprint density at radius 1 is 0.265 bits per heavy atom. The highest BCUT2D eigenvalue weighted by Gasteiger charge is 2.19. The molecule has 0 aliphatic heterocycles. The zero-order chi connectivity index (χ0) is 59.9. The molecule has 0 amide bonds. The van der Waals surface area contributed by atoms with Gasteiger partial charge in [0, 0.05) is 12.8 Å². The van der Waals surface area contributed by atoms with Crippen LogP contribution in [-0.4, -0.2) is 37.2 Å². The first-order valence-corrected chi connectivity index (χ1v) is 34.0. The monoisotopic (exact) mass is 1140 g/mol. The minimum absolute atomic E-state index is 0.119. The minimum atomic E-state index is -0.833. The van der Waals surface area contributed by atoms with Crippen molar-refractivity contribution >= 4 is 17.9 Å². The van der Waals surface area contributed by atoms with E-state index in [1.807, 2.05) is 6.08 Å². The number of rotatable bonds is 60. The van der Waals surface area contributed by atoms with Crippen LogP contribution in [0.5, 0.6) is 0 Å². The molecule has 0 N–H and O–H groups in total. The predicted molar refractivity (Wildman–Crippen MR) is 362 cm³/mol. The highest BCUT2D eigenvalue weighted by Crippen LogP contribution is 2.15. The van der Waals surface area contributed by atoms with Gasteiger partial charge in [-0.1, -0.05) is 301 Å². The van der Waals surface area contributed by atoms with Gasteiger partial charge in [0.25, 0.3) is 0 Å². The van der Waals surface area contributed by atoms with E-state index in [0.29, 0.717) is 12.8 Å². The molecule has 0 spiro atoms. The zero-order valence-electron chi connectivity index (χ0n) is 53.7. The maximum absolute atomic E-state index is 12.9. The molecule has 0 fully saturated rings. The summed E-state index contributed by atoms with van der Waals surface area (Å²) in [4.78, 5) is 38.3. The van der Waals surface area contributed by atoms with Crippen molar-refractivity contribution in [3.63, 3.8) is 0 Å². The molecule has 1 unspecified atom stereocenters. The van der Waals surface area contributed by atoms with Crippen LogP contribution >= 0.6 is 0 Å². The molecule has 0 aliphatic rings. The quantitative estimate of drug-likeness (QED) is 0.0261. The van der Waals surface area contributed by atoms with Crippen LogP contribution in [0.3, 0.4) is 0 Å². The van der Waals surface area contributed by atoms with Crippen LogP contribution in [0.25, 0.3) is 0 Å². The maximum atomic E-state index is 12.9. The molecule has 0 saturated heterocycles. The van der Waals surface area contributed by atoms with E-state index in [1.165, 1.54) is 122 Å². The summed E-state index contributed by atoms with van der Waals surface area (Å²) >= 11 is 0. The van der Waals surface area contributed by atoms with Crippen LogP contribution < -0.4 is 0 Å². The number of carbonyl (C=O) groups excluding carboxylic acids is 3. The summed E-state index contributed by atoms with van der Waals surface area (Å²) in [6.07, 6.45) is 101.